The van der Waals surface area contributed by atoms with Crippen LogP contribution in [0.15, 0.2) is 11.8 Å². The number of rotatable bonds is 1. The molecule has 2 N–H and O–H groups in total. The van der Waals surface area contributed by atoms with Crippen LogP contribution in [0.1, 0.15) is 26.2 Å². The molecule has 3 aliphatic carbocycles. The normalized spacial score (nSPS) is 54.8. The maximum atomic E-state index is 6.02. The van der Waals surface area contributed by atoms with Crippen LogP contribution in [-0.2, 0) is 0 Å². The molecule has 3 aliphatic rings. The van der Waals surface area contributed by atoms with Crippen molar-refractivity contribution in [2.75, 3.05) is 0 Å². The summed E-state index contributed by atoms with van der Waals surface area (Å²) in [6, 6.07) is 0. The summed E-state index contributed by atoms with van der Waals surface area (Å²) in [6.45, 7) is 2.28. The van der Waals surface area contributed by atoms with E-state index in [2.05, 4.69) is 13.0 Å². The van der Waals surface area contributed by atoms with Gasteiger partial charge in [0.05, 0.1) is 0 Å². The van der Waals surface area contributed by atoms with Gasteiger partial charge >= 0.3 is 0 Å². The lowest BCUT2D eigenvalue weighted by molar-refractivity contribution is 0.322. The van der Waals surface area contributed by atoms with E-state index in [4.69, 9.17) is 5.73 Å². The lowest BCUT2D eigenvalue weighted by Gasteiger charge is -2.20. The van der Waals surface area contributed by atoms with Crippen LogP contribution < -0.4 is 5.73 Å². The van der Waals surface area contributed by atoms with Crippen molar-refractivity contribution in [2.45, 2.75) is 26.2 Å². The van der Waals surface area contributed by atoms with Crippen molar-refractivity contribution in [1.29, 1.82) is 0 Å². The molecular formula is C11H17N. The Morgan fingerprint density at radius 3 is 2.92 bits per heavy atom. The highest BCUT2D eigenvalue weighted by Gasteiger charge is 2.56. The summed E-state index contributed by atoms with van der Waals surface area (Å²) in [5.41, 5.74) is 7.23. The summed E-state index contributed by atoms with van der Waals surface area (Å²) >= 11 is 0. The van der Waals surface area contributed by atoms with Gasteiger partial charge in [-0.25, -0.2) is 0 Å². The average Bonchev–Trinajstić information content (AvgIpc) is 2.61. The molecule has 2 fully saturated rings. The molecule has 0 heterocycles. The quantitative estimate of drug-likeness (QED) is 0.629. The van der Waals surface area contributed by atoms with E-state index in [-0.39, 0.29) is 0 Å². The fraction of sp³-hybridized carbons (Fsp3) is 0.818. The summed E-state index contributed by atoms with van der Waals surface area (Å²) in [6.07, 6.45) is 6.62. The first-order chi connectivity index (χ1) is 5.81. The predicted octanol–water partition coefficient (Wildman–Crippen LogP) is 2.14. The van der Waals surface area contributed by atoms with Gasteiger partial charge in [-0.3, -0.25) is 0 Å². The van der Waals surface area contributed by atoms with E-state index < -0.39 is 0 Å². The first kappa shape index (κ1) is 6.99. The Hall–Kier alpha value is -0.460. The molecule has 0 amide bonds. The molecule has 0 spiro atoms. The van der Waals surface area contributed by atoms with Crippen molar-refractivity contribution < 1.29 is 0 Å². The Kier molecular flexibility index (Phi) is 1.20. The van der Waals surface area contributed by atoms with Crippen LogP contribution >= 0.6 is 0 Å². The minimum absolute atomic E-state index is 0.739. The zero-order valence-corrected chi connectivity index (χ0v) is 7.66. The van der Waals surface area contributed by atoms with Gasteiger partial charge in [-0.05, 0) is 42.9 Å². The Morgan fingerprint density at radius 2 is 2.17 bits per heavy atom. The molecule has 1 heteroatoms. The summed E-state index contributed by atoms with van der Waals surface area (Å²) in [5, 5.41) is 0. The summed E-state index contributed by atoms with van der Waals surface area (Å²) in [4.78, 5) is 0. The number of allylic oxidation sites excluding steroid dienone is 2. The monoisotopic (exact) mass is 163 g/mol. The molecular weight excluding hydrogens is 146 g/mol. The zero-order chi connectivity index (χ0) is 8.29. The van der Waals surface area contributed by atoms with Gasteiger partial charge in [-0.15, -0.1) is 0 Å². The van der Waals surface area contributed by atoms with Crippen LogP contribution in [0.5, 0.6) is 0 Å². The molecule has 5 atom stereocenters. The first-order valence-electron chi connectivity index (χ1n) is 5.28. The lowest BCUT2D eigenvalue weighted by Crippen LogP contribution is -2.17. The fourth-order valence-corrected chi connectivity index (χ4v) is 3.65. The molecule has 0 aromatic rings. The van der Waals surface area contributed by atoms with Crippen LogP contribution in [0.4, 0.5) is 0 Å². The Labute approximate surface area is 74.0 Å². The van der Waals surface area contributed by atoms with E-state index in [0.29, 0.717) is 0 Å². The van der Waals surface area contributed by atoms with E-state index in [0.717, 1.165) is 29.6 Å². The maximum Gasteiger partial charge on any atom is 0.00774 e. The lowest BCUT2D eigenvalue weighted by atomic mass is 9.85. The van der Waals surface area contributed by atoms with E-state index in [9.17, 15) is 0 Å². The molecule has 5 unspecified atom stereocenters. The third kappa shape index (κ3) is 0.699. The Bertz CT molecular complexity index is 243. The third-order valence-corrected chi connectivity index (χ3v) is 4.31. The minimum Gasteiger partial charge on any atom is -0.402 e. The van der Waals surface area contributed by atoms with Crippen LogP contribution in [0.25, 0.3) is 0 Å². The van der Waals surface area contributed by atoms with E-state index in [1.807, 2.05) is 0 Å². The SMILES string of the molecule is CCC1C(N)=CC2C3CC3CC12. The van der Waals surface area contributed by atoms with Gasteiger partial charge in [-0.2, -0.15) is 0 Å². The fourth-order valence-electron chi connectivity index (χ4n) is 3.65. The zero-order valence-electron chi connectivity index (χ0n) is 7.66. The molecule has 3 rings (SSSR count). The molecule has 2 saturated carbocycles. The molecule has 0 aromatic carbocycles. The van der Waals surface area contributed by atoms with Crippen LogP contribution in [0.3, 0.4) is 0 Å². The summed E-state index contributed by atoms with van der Waals surface area (Å²) < 4.78 is 0. The molecule has 0 aliphatic heterocycles. The van der Waals surface area contributed by atoms with Crippen molar-refractivity contribution in [3.05, 3.63) is 11.8 Å². The Morgan fingerprint density at radius 1 is 1.42 bits per heavy atom. The van der Waals surface area contributed by atoms with Gasteiger partial charge in [-0.1, -0.05) is 13.0 Å². The van der Waals surface area contributed by atoms with E-state index in [1.54, 1.807) is 0 Å². The highest BCUT2D eigenvalue weighted by atomic mass is 14.7. The van der Waals surface area contributed by atoms with Gasteiger partial charge in [0, 0.05) is 11.6 Å². The number of fused-ring (bicyclic) bond motifs is 3. The highest BCUT2D eigenvalue weighted by Crippen LogP contribution is 2.63. The van der Waals surface area contributed by atoms with Crippen molar-refractivity contribution in [1.82, 2.24) is 0 Å². The number of hydrogen-bond acceptors (Lipinski definition) is 1. The second-order valence-corrected chi connectivity index (χ2v) is 4.82. The molecule has 0 radical (unpaired) electrons. The van der Waals surface area contributed by atoms with Crippen molar-refractivity contribution >= 4 is 0 Å². The second-order valence-electron chi connectivity index (χ2n) is 4.82. The number of nitrogens with two attached hydrogens (primary N) is 1. The summed E-state index contributed by atoms with van der Waals surface area (Å²) in [5.74, 6) is 4.71. The first-order valence-corrected chi connectivity index (χ1v) is 5.28. The molecule has 1 nitrogen and oxygen atoms in total. The maximum absolute atomic E-state index is 6.02. The van der Waals surface area contributed by atoms with Crippen LogP contribution in [-0.4, -0.2) is 0 Å². The second kappa shape index (κ2) is 2.07. The van der Waals surface area contributed by atoms with Gasteiger partial charge in [0.2, 0.25) is 0 Å². The van der Waals surface area contributed by atoms with Gasteiger partial charge in [0.15, 0.2) is 0 Å². The highest BCUT2D eigenvalue weighted by molar-refractivity contribution is 5.23. The average molecular weight is 163 g/mol. The van der Waals surface area contributed by atoms with Crippen LogP contribution in [0.2, 0.25) is 0 Å². The topological polar surface area (TPSA) is 26.0 Å². The smallest absolute Gasteiger partial charge is 0.00774 e. The van der Waals surface area contributed by atoms with Gasteiger partial charge < -0.3 is 5.73 Å². The molecule has 0 saturated heterocycles. The van der Waals surface area contributed by atoms with Crippen molar-refractivity contribution in [2.24, 2.45) is 35.3 Å². The predicted molar refractivity (Wildman–Crippen MR) is 49.2 cm³/mol. The largest absolute Gasteiger partial charge is 0.402 e. The van der Waals surface area contributed by atoms with Crippen molar-refractivity contribution in [3.63, 3.8) is 0 Å². The van der Waals surface area contributed by atoms with E-state index >= 15 is 0 Å². The summed E-state index contributed by atoms with van der Waals surface area (Å²) in [7, 11) is 0. The van der Waals surface area contributed by atoms with Gasteiger partial charge in [0.1, 0.15) is 0 Å². The standard InChI is InChI=1S/C11H17N/c1-2-7-9-4-6-3-8(6)10(9)5-11(7)12/h5-10H,2-4,12H2,1H3. The number of hydrogen-bond donors (Lipinski definition) is 1. The molecule has 66 valence electrons. The molecule has 0 bridgehead atoms. The van der Waals surface area contributed by atoms with Crippen molar-refractivity contribution in [3.8, 4) is 0 Å². The Balaban J connectivity index is 1.88. The minimum atomic E-state index is 0.739. The molecule has 0 aromatic heterocycles. The molecule has 12 heavy (non-hydrogen) atoms. The van der Waals surface area contributed by atoms with E-state index in [1.165, 1.54) is 25.0 Å². The van der Waals surface area contributed by atoms with Gasteiger partial charge in [0.25, 0.3) is 0 Å². The van der Waals surface area contributed by atoms with Crippen LogP contribution in [0, 0.1) is 29.6 Å². The third-order valence-electron chi connectivity index (χ3n) is 4.31.